The third-order valence-electron chi connectivity index (χ3n) is 5.40. The van der Waals surface area contributed by atoms with Gasteiger partial charge in [0.15, 0.2) is 0 Å². The molecule has 0 saturated carbocycles. The van der Waals surface area contributed by atoms with Crippen molar-refractivity contribution in [3.8, 4) is 0 Å². The molecule has 0 amide bonds. The highest BCUT2D eigenvalue weighted by molar-refractivity contribution is 4.77. The minimum atomic E-state index is 0.804. The van der Waals surface area contributed by atoms with Crippen LogP contribution >= 0.6 is 0 Å². The maximum absolute atomic E-state index is 2.69. The third-order valence-corrected chi connectivity index (χ3v) is 5.40. The fourth-order valence-corrected chi connectivity index (χ4v) is 3.84. The Labute approximate surface area is 132 Å². The van der Waals surface area contributed by atoms with Gasteiger partial charge in [-0.1, -0.05) is 27.7 Å². The molecule has 0 bridgehead atoms. The Hall–Kier alpha value is -0.120. The second kappa shape index (κ2) is 8.50. The van der Waals surface area contributed by atoms with E-state index >= 15 is 0 Å². The van der Waals surface area contributed by atoms with Gasteiger partial charge in [-0.25, -0.2) is 0 Å². The molecule has 0 unspecified atom stereocenters. The predicted molar refractivity (Wildman–Crippen MR) is 91.7 cm³/mol. The predicted octanol–water partition coefficient (Wildman–Crippen LogP) is 2.63. The summed E-state index contributed by atoms with van der Waals surface area (Å²) >= 11 is 0. The number of rotatable bonds is 6. The molecule has 2 saturated heterocycles. The molecule has 0 aromatic heterocycles. The molecular formula is C18H37N3. The lowest BCUT2D eigenvalue weighted by atomic mass is 9.87. The topological polar surface area (TPSA) is 9.72 Å². The molecule has 0 aliphatic carbocycles. The van der Waals surface area contributed by atoms with E-state index in [1.165, 1.54) is 71.7 Å². The van der Waals surface area contributed by atoms with E-state index in [-0.39, 0.29) is 0 Å². The van der Waals surface area contributed by atoms with Crippen molar-refractivity contribution in [2.45, 2.75) is 40.5 Å². The number of likely N-dealkylation sites (tertiary alicyclic amines) is 1. The Balaban J connectivity index is 1.58. The number of piperazine rings is 1. The van der Waals surface area contributed by atoms with Crippen LogP contribution in [0, 0.1) is 17.8 Å². The maximum Gasteiger partial charge on any atom is 0.0110 e. The van der Waals surface area contributed by atoms with Gasteiger partial charge in [0.1, 0.15) is 0 Å². The molecule has 0 radical (unpaired) electrons. The van der Waals surface area contributed by atoms with Gasteiger partial charge < -0.3 is 9.80 Å². The van der Waals surface area contributed by atoms with Gasteiger partial charge >= 0.3 is 0 Å². The lowest BCUT2D eigenvalue weighted by Gasteiger charge is -2.38. The van der Waals surface area contributed by atoms with Crippen LogP contribution in [-0.2, 0) is 0 Å². The number of hydrogen-bond acceptors (Lipinski definition) is 3. The minimum absolute atomic E-state index is 0.804. The van der Waals surface area contributed by atoms with Crippen molar-refractivity contribution in [1.82, 2.24) is 14.7 Å². The highest BCUT2D eigenvalue weighted by Gasteiger charge is 2.22. The largest absolute Gasteiger partial charge is 0.302 e. The first-order valence-electron chi connectivity index (χ1n) is 9.21. The van der Waals surface area contributed by atoms with E-state index < -0.39 is 0 Å². The van der Waals surface area contributed by atoms with E-state index in [4.69, 9.17) is 0 Å². The lowest BCUT2D eigenvalue weighted by molar-refractivity contribution is 0.0973. The molecule has 2 aliphatic rings. The molecule has 3 heteroatoms. The molecule has 3 nitrogen and oxygen atoms in total. The van der Waals surface area contributed by atoms with Crippen LogP contribution in [-0.4, -0.2) is 73.6 Å². The van der Waals surface area contributed by atoms with Crippen LogP contribution < -0.4 is 0 Å². The van der Waals surface area contributed by atoms with Crippen LogP contribution in [0.5, 0.6) is 0 Å². The van der Waals surface area contributed by atoms with Crippen LogP contribution in [0.1, 0.15) is 40.5 Å². The molecule has 2 aliphatic heterocycles. The Morgan fingerprint density at radius 1 is 0.714 bits per heavy atom. The number of hydrogen-bond donors (Lipinski definition) is 0. The van der Waals surface area contributed by atoms with Crippen molar-refractivity contribution < 1.29 is 0 Å². The first-order valence-corrected chi connectivity index (χ1v) is 9.21. The second-order valence-corrected chi connectivity index (χ2v) is 7.96. The normalized spacial score (nSPS) is 24.3. The van der Waals surface area contributed by atoms with Crippen molar-refractivity contribution in [3.05, 3.63) is 0 Å². The molecule has 0 aromatic rings. The minimum Gasteiger partial charge on any atom is -0.302 e. The average Bonchev–Trinajstić information content (AvgIpc) is 2.46. The van der Waals surface area contributed by atoms with Gasteiger partial charge in [0.05, 0.1) is 0 Å². The fourth-order valence-electron chi connectivity index (χ4n) is 3.84. The van der Waals surface area contributed by atoms with E-state index in [2.05, 4.69) is 42.4 Å². The van der Waals surface area contributed by atoms with Gasteiger partial charge in [0.25, 0.3) is 0 Å². The fraction of sp³-hybridized carbons (Fsp3) is 1.00. The Bertz CT molecular complexity index is 274. The SMILES string of the molecule is CC(C)CN1CCN(CCN2CCC(C(C)C)CC2)CC1. The van der Waals surface area contributed by atoms with Crippen molar-refractivity contribution in [1.29, 1.82) is 0 Å². The summed E-state index contributed by atoms with van der Waals surface area (Å²) in [5, 5.41) is 0. The first-order chi connectivity index (χ1) is 10.0. The monoisotopic (exact) mass is 295 g/mol. The van der Waals surface area contributed by atoms with Crippen LogP contribution in [0.15, 0.2) is 0 Å². The summed E-state index contributed by atoms with van der Waals surface area (Å²) in [6, 6.07) is 0. The molecule has 21 heavy (non-hydrogen) atoms. The first kappa shape index (κ1) is 17.2. The quantitative estimate of drug-likeness (QED) is 0.746. The molecule has 2 rings (SSSR count). The zero-order chi connectivity index (χ0) is 15.2. The average molecular weight is 296 g/mol. The van der Waals surface area contributed by atoms with Crippen LogP contribution in [0.2, 0.25) is 0 Å². The smallest absolute Gasteiger partial charge is 0.0110 e. The van der Waals surface area contributed by atoms with Gasteiger partial charge in [-0.05, 0) is 43.7 Å². The van der Waals surface area contributed by atoms with Gasteiger partial charge in [0.2, 0.25) is 0 Å². The second-order valence-electron chi connectivity index (χ2n) is 7.96. The van der Waals surface area contributed by atoms with E-state index in [1.54, 1.807) is 0 Å². The molecule has 2 heterocycles. The van der Waals surface area contributed by atoms with Gasteiger partial charge in [0, 0.05) is 45.8 Å². The van der Waals surface area contributed by atoms with Crippen molar-refractivity contribution in [2.24, 2.45) is 17.8 Å². The molecule has 0 spiro atoms. The highest BCUT2D eigenvalue weighted by Crippen LogP contribution is 2.24. The van der Waals surface area contributed by atoms with E-state index in [9.17, 15) is 0 Å². The van der Waals surface area contributed by atoms with Crippen LogP contribution in [0.25, 0.3) is 0 Å². The van der Waals surface area contributed by atoms with Crippen molar-refractivity contribution >= 4 is 0 Å². The van der Waals surface area contributed by atoms with E-state index in [1.807, 2.05) is 0 Å². The van der Waals surface area contributed by atoms with Gasteiger partial charge in [-0.2, -0.15) is 0 Å². The molecular weight excluding hydrogens is 258 g/mol. The van der Waals surface area contributed by atoms with E-state index in [0.29, 0.717) is 0 Å². The van der Waals surface area contributed by atoms with Crippen molar-refractivity contribution in [3.63, 3.8) is 0 Å². The summed E-state index contributed by atoms with van der Waals surface area (Å²) in [5.41, 5.74) is 0. The molecule has 0 aromatic carbocycles. The Kier molecular flexibility index (Phi) is 6.97. The standard InChI is InChI=1S/C18H37N3/c1-16(2)15-21-13-11-20(12-14-21)10-9-19-7-5-18(6-8-19)17(3)4/h16-18H,5-15H2,1-4H3. The Morgan fingerprint density at radius 3 is 1.67 bits per heavy atom. The van der Waals surface area contributed by atoms with Crippen molar-refractivity contribution in [2.75, 3.05) is 58.9 Å². The lowest BCUT2D eigenvalue weighted by Crippen LogP contribution is -2.49. The molecule has 0 atom stereocenters. The van der Waals surface area contributed by atoms with E-state index in [0.717, 1.165) is 17.8 Å². The number of nitrogens with zero attached hydrogens (tertiary/aromatic N) is 3. The highest BCUT2D eigenvalue weighted by atomic mass is 15.3. The van der Waals surface area contributed by atoms with Gasteiger partial charge in [-0.3, -0.25) is 4.90 Å². The molecule has 2 fully saturated rings. The maximum atomic E-state index is 2.69. The molecule has 0 N–H and O–H groups in total. The summed E-state index contributed by atoms with van der Waals surface area (Å²) in [7, 11) is 0. The summed E-state index contributed by atoms with van der Waals surface area (Å²) < 4.78 is 0. The molecule has 124 valence electrons. The number of piperidine rings is 1. The summed E-state index contributed by atoms with van der Waals surface area (Å²) in [6.45, 7) is 21.0. The zero-order valence-corrected chi connectivity index (χ0v) is 14.9. The zero-order valence-electron chi connectivity index (χ0n) is 14.9. The summed E-state index contributed by atoms with van der Waals surface area (Å²) in [5.74, 6) is 2.65. The summed E-state index contributed by atoms with van der Waals surface area (Å²) in [4.78, 5) is 8.00. The third kappa shape index (κ3) is 5.88. The Morgan fingerprint density at radius 2 is 1.19 bits per heavy atom. The van der Waals surface area contributed by atoms with Crippen LogP contribution in [0.4, 0.5) is 0 Å². The summed E-state index contributed by atoms with van der Waals surface area (Å²) in [6.07, 6.45) is 2.83. The van der Waals surface area contributed by atoms with Gasteiger partial charge in [-0.15, -0.1) is 0 Å². The van der Waals surface area contributed by atoms with Crippen LogP contribution in [0.3, 0.4) is 0 Å².